The Morgan fingerprint density at radius 2 is 2.16 bits per heavy atom. The van der Waals surface area contributed by atoms with E-state index in [9.17, 15) is 5.11 Å². The highest BCUT2D eigenvalue weighted by Crippen LogP contribution is 2.38. The maximum Gasteiger partial charge on any atom is 0.126 e. The van der Waals surface area contributed by atoms with E-state index in [4.69, 9.17) is 4.74 Å². The fourth-order valence-corrected chi connectivity index (χ4v) is 3.74. The van der Waals surface area contributed by atoms with E-state index in [1.54, 1.807) is 14.0 Å². The van der Waals surface area contributed by atoms with E-state index >= 15 is 0 Å². The van der Waals surface area contributed by atoms with Crippen LogP contribution < -0.4 is 9.64 Å². The molecule has 1 fully saturated rings. The number of methoxy groups -OCH3 is 1. The Kier molecular flexibility index (Phi) is 4.31. The number of rotatable bonds is 3. The molecule has 0 saturated carbocycles. The molecule has 1 N–H and O–H groups in total. The lowest BCUT2D eigenvalue weighted by Crippen LogP contribution is -2.43. The summed E-state index contributed by atoms with van der Waals surface area (Å²) in [5.74, 6) is 1.88. The molecule has 1 aromatic rings. The van der Waals surface area contributed by atoms with Gasteiger partial charge in [-0.15, -0.1) is 0 Å². The van der Waals surface area contributed by atoms with Gasteiger partial charge in [-0.25, -0.2) is 0 Å². The minimum atomic E-state index is -0.524. The second kappa shape index (κ2) is 5.63. The molecule has 0 aliphatic carbocycles. The van der Waals surface area contributed by atoms with Crippen LogP contribution in [0.1, 0.15) is 32.4 Å². The smallest absolute Gasteiger partial charge is 0.126 e. The molecule has 0 radical (unpaired) electrons. The van der Waals surface area contributed by atoms with E-state index in [1.165, 1.54) is 0 Å². The van der Waals surface area contributed by atoms with Crippen LogP contribution in [-0.2, 0) is 0 Å². The SMILES string of the molecule is COc1cccc(N2CCSC(C)(C)C2)c1[C@@H](C)O. The number of anilines is 1. The van der Waals surface area contributed by atoms with Crippen LogP contribution in [0.15, 0.2) is 18.2 Å². The van der Waals surface area contributed by atoms with Crippen molar-refractivity contribution in [1.29, 1.82) is 0 Å². The topological polar surface area (TPSA) is 32.7 Å². The lowest BCUT2D eigenvalue weighted by Gasteiger charge is -2.40. The van der Waals surface area contributed by atoms with Crippen LogP contribution in [0.4, 0.5) is 5.69 Å². The summed E-state index contributed by atoms with van der Waals surface area (Å²) in [4.78, 5) is 2.36. The van der Waals surface area contributed by atoms with Crippen molar-refractivity contribution in [2.45, 2.75) is 31.6 Å². The number of nitrogens with zero attached hydrogens (tertiary/aromatic N) is 1. The van der Waals surface area contributed by atoms with Gasteiger partial charge >= 0.3 is 0 Å². The molecule has 19 heavy (non-hydrogen) atoms. The molecule has 1 saturated heterocycles. The average Bonchev–Trinajstić information content (AvgIpc) is 2.36. The van der Waals surface area contributed by atoms with Gasteiger partial charge in [-0.3, -0.25) is 0 Å². The fraction of sp³-hybridized carbons (Fsp3) is 0.600. The van der Waals surface area contributed by atoms with Gasteiger partial charge < -0.3 is 14.7 Å². The van der Waals surface area contributed by atoms with Gasteiger partial charge in [0.15, 0.2) is 0 Å². The Balaban J connectivity index is 2.38. The summed E-state index contributed by atoms with van der Waals surface area (Å²) >= 11 is 2.01. The van der Waals surface area contributed by atoms with E-state index < -0.39 is 6.10 Å². The van der Waals surface area contributed by atoms with Crippen LogP contribution in [0.2, 0.25) is 0 Å². The molecule has 3 nitrogen and oxygen atoms in total. The third-order valence-electron chi connectivity index (χ3n) is 3.45. The highest BCUT2D eigenvalue weighted by atomic mass is 32.2. The minimum Gasteiger partial charge on any atom is -0.496 e. The van der Waals surface area contributed by atoms with Crippen molar-refractivity contribution in [2.24, 2.45) is 0 Å². The van der Waals surface area contributed by atoms with E-state index in [-0.39, 0.29) is 4.75 Å². The van der Waals surface area contributed by atoms with Crippen molar-refractivity contribution < 1.29 is 9.84 Å². The van der Waals surface area contributed by atoms with Crippen molar-refractivity contribution in [3.05, 3.63) is 23.8 Å². The maximum absolute atomic E-state index is 10.1. The highest BCUT2D eigenvalue weighted by molar-refractivity contribution is 8.00. The monoisotopic (exact) mass is 281 g/mol. The van der Waals surface area contributed by atoms with Crippen molar-refractivity contribution in [3.8, 4) is 5.75 Å². The summed E-state index contributed by atoms with van der Waals surface area (Å²) in [7, 11) is 1.65. The van der Waals surface area contributed by atoms with Crippen LogP contribution in [0.25, 0.3) is 0 Å². The van der Waals surface area contributed by atoms with Gasteiger partial charge in [0, 0.05) is 34.8 Å². The zero-order valence-corrected chi connectivity index (χ0v) is 13.0. The molecular weight excluding hydrogens is 258 g/mol. The normalized spacial score (nSPS) is 20.2. The van der Waals surface area contributed by atoms with Gasteiger partial charge in [-0.1, -0.05) is 6.07 Å². The standard InChI is InChI=1S/C15H23NO2S/c1-11(17)14-12(6-5-7-13(14)18-4)16-8-9-19-15(2,3)10-16/h5-7,11,17H,8-10H2,1-4H3/t11-/m1/s1. The third kappa shape index (κ3) is 3.18. The Bertz CT molecular complexity index is 446. The summed E-state index contributed by atoms with van der Waals surface area (Å²) < 4.78 is 5.65. The third-order valence-corrected chi connectivity index (χ3v) is 4.74. The van der Waals surface area contributed by atoms with Crippen molar-refractivity contribution >= 4 is 17.4 Å². The first-order valence-corrected chi connectivity index (χ1v) is 7.67. The predicted octanol–water partition coefficient (Wildman–Crippen LogP) is 3.08. The molecule has 0 aromatic heterocycles. The minimum absolute atomic E-state index is 0.247. The number of ether oxygens (including phenoxy) is 1. The quantitative estimate of drug-likeness (QED) is 0.923. The molecule has 106 valence electrons. The maximum atomic E-state index is 10.1. The summed E-state index contributed by atoms with van der Waals surface area (Å²) in [6.07, 6.45) is -0.524. The summed E-state index contributed by atoms with van der Waals surface area (Å²) in [6, 6.07) is 5.99. The van der Waals surface area contributed by atoms with Gasteiger partial charge in [0.2, 0.25) is 0 Å². The first-order valence-electron chi connectivity index (χ1n) is 6.68. The molecule has 0 spiro atoms. The number of aliphatic hydroxyl groups is 1. The first-order chi connectivity index (χ1) is 8.94. The van der Waals surface area contributed by atoms with E-state index in [1.807, 2.05) is 23.9 Å². The molecule has 1 aromatic carbocycles. The molecule has 1 aliphatic heterocycles. The number of benzene rings is 1. The van der Waals surface area contributed by atoms with Crippen LogP contribution >= 0.6 is 11.8 Å². The lowest BCUT2D eigenvalue weighted by molar-refractivity contribution is 0.194. The fourth-order valence-electron chi connectivity index (χ4n) is 2.63. The molecule has 0 bridgehead atoms. The van der Waals surface area contributed by atoms with Gasteiger partial charge in [-0.05, 0) is 32.9 Å². The van der Waals surface area contributed by atoms with Crippen LogP contribution in [0, 0.1) is 0 Å². The highest BCUT2D eigenvalue weighted by Gasteiger charge is 2.29. The van der Waals surface area contributed by atoms with Gasteiger partial charge in [-0.2, -0.15) is 11.8 Å². The van der Waals surface area contributed by atoms with Crippen LogP contribution in [-0.4, -0.2) is 35.8 Å². The number of hydrogen-bond acceptors (Lipinski definition) is 4. The second-order valence-corrected chi connectivity index (χ2v) is 7.40. The van der Waals surface area contributed by atoms with E-state index in [2.05, 4.69) is 24.8 Å². The van der Waals surface area contributed by atoms with Gasteiger partial charge in [0.25, 0.3) is 0 Å². The zero-order valence-electron chi connectivity index (χ0n) is 12.1. The summed E-state index contributed by atoms with van der Waals surface area (Å²) in [6.45, 7) is 8.34. The Hall–Kier alpha value is -0.870. The van der Waals surface area contributed by atoms with Crippen LogP contribution in [0.3, 0.4) is 0 Å². The molecule has 1 heterocycles. The average molecular weight is 281 g/mol. The Morgan fingerprint density at radius 1 is 1.42 bits per heavy atom. The van der Waals surface area contributed by atoms with Crippen molar-refractivity contribution in [2.75, 3.05) is 30.9 Å². The van der Waals surface area contributed by atoms with Gasteiger partial charge in [0.05, 0.1) is 13.2 Å². The second-order valence-electron chi connectivity index (χ2n) is 5.60. The Morgan fingerprint density at radius 3 is 2.74 bits per heavy atom. The van der Waals surface area contributed by atoms with E-state index in [0.29, 0.717) is 0 Å². The number of aliphatic hydroxyl groups excluding tert-OH is 1. The Labute approximate surface area is 120 Å². The van der Waals surface area contributed by atoms with Crippen LogP contribution in [0.5, 0.6) is 5.75 Å². The number of thioether (sulfide) groups is 1. The molecule has 2 rings (SSSR count). The van der Waals surface area contributed by atoms with Crippen molar-refractivity contribution in [3.63, 3.8) is 0 Å². The van der Waals surface area contributed by atoms with Gasteiger partial charge in [0.1, 0.15) is 5.75 Å². The first kappa shape index (κ1) is 14.5. The molecular formula is C15H23NO2S. The van der Waals surface area contributed by atoms with Crippen molar-refractivity contribution in [1.82, 2.24) is 0 Å². The summed E-state index contributed by atoms with van der Waals surface area (Å²) in [5, 5.41) is 10.1. The predicted molar refractivity (Wildman–Crippen MR) is 82.4 cm³/mol. The zero-order chi connectivity index (χ0) is 14.0. The molecule has 1 atom stereocenters. The molecule has 1 aliphatic rings. The van der Waals surface area contributed by atoms with E-state index in [0.717, 1.165) is 35.8 Å². The molecule has 4 heteroatoms. The molecule has 0 amide bonds. The summed E-state index contributed by atoms with van der Waals surface area (Å²) in [5.41, 5.74) is 2.00. The molecule has 0 unspecified atom stereocenters. The largest absolute Gasteiger partial charge is 0.496 e. The number of hydrogen-bond donors (Lipinski definition) is 1. The lowest BCUT2D eigenvalue weighted by atomic mass is 10.0.